The van der Waals surface area contributed by atoms with E-state index in [-0.39, 0.29) is 10.8 Å². The fourth-order valence-corrected chi connectivity index (χ4v) is 12.9. The molecule has 0 radical (unpaired) electrons. The summed E-state index contributed by atoms with van der Waals surface area (Å²) in [5, 5.41) is 0. The first-order valence-electron chi connectivity index (χ1n) is 24.2. The highest BCUT2D eigenvalue weighted by atomic mass is 14.5. The van der Waals surface area contributed by atoms with Crippen LogP contribution in [0.3, 0.4) is 0 Å². The van der Waals surface area contributed by atoms with E-state index in [1.807, 2.05) is 0 Å². The molecule has 4 aliphatic carbocycles. The van der Waals surface area contributed by atoms with Crippen molar-refractivity contribution in [2.75, 3.05) is 0 Å². The Balaban J connectivity index is 0.000000111. The van der Waals surface area contributed by atoms with Crippen LogP contribution in [-0.4, -0.2) is 0 Å². The molecular weight excluding hydrogens is 793 g/mol. The summed E-state index contributed by atoms with van der Waals surface area (Å²) in [6, 6.07) is 79.8. The highest BCUT2D eigenvalue weighted by molar-refractivity contribution is 5.88. The van der Waals surface area contributed by atoms with Crippen molar-refractivity contribution >= 4 is 0 Å². The monoisotopic (exact) mass is 850 g/mol. The molecule has 9 aromatic rings. The zero-order chi connectivity index (χ0) is 44.9. The van der Waals surface area contributed by atoms with Crippen molar-refractivity contribution in [3.63, 3.8) is 0 Å². The van der Waals surface area contributed by atoms with Crippen molar-refractivity contribution in [1.29, 1.82) is 0 Å². The molecule has 0 saturated heterocycles. The second-order valence-electron chi connectivity index (χ2n) is 19.2. The number of aryl methyl sites for hydroxylation is 3. The third kappa shape index (κ3) is 6.33. The van der Waals surface area contributed by atoms with E-state index >= 15 is 0 Å². The number of hydrogen-bond acceptors (Lipinski definition) is 0. The van der Waals surface area contributed by atoms with Gasteiger partial charge < -0.3 is 0 Å². The van der Waals surface area contributed by atoms with Gasteiger partial charge in [-0.2, -0.15) is 0 Å². The summed E-state index contributed by atoms with van der Waals surface area (Å²) in [5.41, 5.74) is 25.5. The maximum absolute atomic E-state index is 2.38. The average molecular weight is 851 g/mol. The van der Waals surface area contributed by atoms with E-state index in [1.165, 1.54) is 121 Å². The summed E-state index contributed by atoms with van der Waals surface area (Å²) in [5.74, 6) is 0. The fourth-order valence-electron chi connectivity index (χ4n) is 12.9. The topological polar surface area (TPSA) is 0 Å². The Kier molecular flexibility index (Phi) is 10.6. The highest BCUT2D eigenvalue weighted by Gasteiger charge is 2.47. The quantitative estimate of drug-likeness (QED) is 0.166. The van der Waals surface area contributed by atoms with Gasteiger partial charge in [-0.15, -0.1) is 0 Å². The van der Waals surface area contributed by atoms with E-state index in [2.05, 4.69) is 246 Å². The van der Waals surface area contributed by atoms with E-state index in [1.54, 1.807) is 11.1 Å². The van der Waals surface area contributed by atoms with E-state index < -0.39 is 0 Å². The van der Waals surface area contributed by atoms with Crippen molar-refractivity contribution in [3.8, 4) is 33.4 Å². The second kappa shape index (κ2) is 16.8. The lowest BCUT2D eigenvalue weighted by Gasteiger charge is -2.36. The average Bonchev–Trinajstić information content (AvgIpc) is 3.94. The second-order valence-corrected chi connectivity index (χ2v) is 19.2. The van der Waals surface area contributed by atoms with Gasteiger partial charge in [0, 0.05) is 10.8 Å². The van der Waals surface area contributed by atoms with Crippen molar-refractivity contribution in [1.82, 2.24) is 0 Å². The first-order chi connectivity index (χ1) is 32.4. The van der Waals surface area contributed by atoms with Gasteiger partial charge in [-0.1, -0.05) is 238 Å². The van der Waals surface area contributed by atoms with Crippen molar-refractivity contribution in [2.45, 2.75) is 76.0 Å². The van der Waals surface area contributed by atoms with Gasteiger partial charge in [-0.25, -0.2) is 0 Å². The summed E-state index contributed by atoms with van der Waals surface area (Å²) >= 11 is 0. The van der Waals surface area contributed by atoms with E-state index in [9.17, 15) is 0 Å². The molecular formula is C66H58. The summed E-state index contributed by atoms with van der Waals surface area (Å²) in [4.78, 5) is 0. The molecule has 0 heteroatoms. The van der Waals surface area contributed by atoms with Crippen molar-refractivity contribution in [2.24, 2.45) is 0 Å². The van der Waals surface area contributed by atoms with Crippen LogP contribution in [0.15, 0.2) is 218 Å². The van der Waals surface area contributed by atoms with Gasteiger partial charge in [-0.3, -0.25) is 0 Å². The Morgan fingerprint density at radius 1 is 0.288 bits per heavy atom. The number of benzene rings is 9. The smallest absolute Gasteiger partial charge is 0.0622 e. The molecule has 0 amide bonds. The summed E-state index contributed by atoms with van der Waals surface area (Å²) in [6.07, 6.45) is 6.83. The molecule has 66 heavy (non-hydrogen) atoms. The third-order valence-electron chi connectivity index (χ3n) is 15.8. The van der Waals surface area contributed by atoms with Gasteiger partial charge in [0.15, 0.2) is 0 Å². The molecule has 0 heterocycles. The lowest BCUT2D eigenvalue weighted by Crippen LogP contribution is -2.28. The van der Waals surface area contributed by atoms with Crippen LogP contribution in [0.5, 0.6) is 0 Å². The first kappa shape index (κ1) is 41.7. The van der Waals surface area contributed by atoms with Crippen LogP contribution in [0.25, 0.3) is 33.4 Å². The Labute approximate surface area is 392 Å². The largest absolute Gasteiger partial charge is 0.0713 e. The molecule has 1 saturated carbocycles. The van der Waals surface area contributed by atoms with Gasteiger partial charge in [0.25, 0.3) is 0 Å². The normalized spacial score (nSPS) is 17.1. The van der Waals surface area contributed by atoms with Gasteiger partial charge in [0.05, 0.1) is 5.41 Å². The molecule has 322 valence electrons. The predicted molar refractivity (Wildman–Crippen MR) is 278 cm³/mol. The van der Waals surface area contributed by atoms with Crippen LogP contribution in [0, 0.1) is 20.8 Å². The minimum Gasteiger partial charge on any atom is -0.0622 e. The Morgan fingerprint density at radius 3 is 1.20 bits per heavy atom. The number of fused-ring (bicyclic) bond motifs is 11. The molecule has 0 bridgehead atoms. The van der Waals surface area contributed by atoms with Crippen LogP contribution in [-0.2, 0) is 16.2 Å². The maximum atomic E-state index is 2.38. The van der Waals surface area contributed by atoms with Crippen LogP contribution in [0.4, 0.5) is 0 Å². The summed E-state index contributed by atoms with van der Waals surface area (Å²) in [6.45, 7) is 9.05. The van der Waals surface area contributed by atoms with Crippen LogP contribution in [0.2, 0.25) is 0 Å². The number of hydrogen-bond donors (Lipinski definition) is 0. The van der Waals surface area contributed by atoms with Gasteiger partial charge in [0.2, 0.25) is 0 Å². The van der Waals surface area contributed by atoms with Crippen LogP contribution < -0.4 is 0 Å². The molecule has 1 unspecified atom stereocenters. The van der Waals surface area contributed by atoms with E-state index in [4.69, 9.17) is 0 Å². The maximum Gasteiger partial charge on any atom is 0.0713 e. The molecule has 9 aromatic carbocycles. The van der Waals surface area contributed by atoms with Gasteiger partial charge in [-0.05, 0) is 141 Å². The minimum atomic E-state index is -0.263. The number of rotatable bonds is 3. The third-order valence-corrected chi connectivity index (χ3v) is 15.8. The molecule has 4 aliphatic rings. The van der Waals surface area contributed by atoms with Crippen molar-refractivity contribution in [3.05, 3.63) is 285 Å². The highest BCUT2D eigenvalue weighted by Crippen LogP contribution is 2.58. The standard InChI is InChI=1S/C26H20.C21H18.C19H20/c1-19-11-10-18-24-25(19)22-16-8-9-17-23(22)26(24,20-12-4-2-5-13-20)21-14-6-3-7-15-21;1-15-9-8-14-19-20(15)17-12-6-7-13-18(17)21(19,2)16-10-4-3-5-11-16;1-14-8-7-11-17-18(14)15-9-3-4-10-16(15)19(17)12-5-2-6-13-19/h2-18H,1H3;3-14H,1-2H3;3-4,7-11H,2,5-6,12-13H2,1H3. The lowest BCUT2D eigenvalue weighted by molar-refractivity contribution is 0.353. The van der Waals surface area contributed by atoms with E-state index in [0.717, 1.165) is 0 Å². The molecule has 0 aliphatic heterocycles. The van der Waals surface area contributed by atoms with Gasteiger partial charge >= 0.3 is 0 Å². The molecule has 0 nitrogen and oxygen atoms in total. The zero-order valence-electron chi connectivity index (χ0n) is 38.8. The molecule has 1 fully saturated rings. The predicted octanol–water partition coefficient (Wildman–Crippen LogP) is 16.9. The lowest BCUT2D eigenvalue weighted by atomic mass is 9.67. The van der Waals surface area contributed by atoms with Gasteiger partial charge in [0.1, 0.15) is 0 Å². The van der Waals surface area contributed by atoms with Crippen LogP contribution in [0.1, 0.15) is 106 Å². The van der Waals surface area contributed by atoms with Crippen molar-refractivity contribution < 1.29 is 0 Å². The minimum absolute atomic E-state index is 0.0563. The molecule has 0 N–H and O–H groups in total. The van der Waals surface area contributed by atoms with Crippen LogP contribution >= 0.6 is 0 Å². The molecule has 13 rings (SSSR count). The Bertz CT molecular complexity index is 3160. The molecule has 1 spiro atoms. The SMILES string of the molecule is Cc1cccc2c1-c1ccccc1C2(C)c1ccccc1.Cc1cccc2c1-c1ccccc1C2(c1ccccc1)c1ccccc1.Cc1cccc2c1-c1ccccc1C21CCCCC1. The van der Waals surface area contributed by atoms with E-state index in [0.29, 0.717) is 5.41 Å². The molecule has 1 atom stereocenters. The summed E-state index contributed by atoms with van der Waals surface area (Å²) < 4.78 is 0. The summed E-state index contributed by atoms with van der Waals surface area (Å²) in [7, 11) is 0. The first-order valence-corrected chi connectivity index (χ1v) is 24.2. The molecule has 0 aromatic heterocycles. The zero-order valence-corrected chi connectivity index (χ0v) is 38.8. The fraction of sp³-hybridized carbons (Fsp3) is 0.182. The Hall–Kier alpha value is -7.02. The Morgan fingerprint density at radius 2 is 0.652 bits per heavy atom.